The smallest absolute Gasteiger partial charge is 0.352 e. The van der Waals surface area contributed by atoms with Gasteiger partial charge < -0.3 is 40.2 Å². The summed E-state index contributed by atoms with van der Waals surface area (Å²) in [7, 11) is 1.62. The number of aromatic hydroxyl groups is 2. The van der Waals surface area contributed by atoms with E-state index in [1.165, 1.54) is 52.5 Å². The first kappa shape index (κ1) is 34.8. The van der Waals surface area contributed by atoms with E-state index in [0.29, 0.717) is 10.7 Å². The molecule has 0 radical (unpaired) electrons. The van der Waals surface area contributed by atoms with Crippen LogP contribution in [-0.4, -0.2) is 105 Å². The minimum Gasteiger partial charge on any atom is -0.504 e. The highest BCUT2D eigenvalue weighted by atomic mass is 32.2. The molecule has 2 aromatic heterocycles. The van der Waals surface area contributed by atoms with Crippen molar-refractivity contribution in [2.45, 2.75) is 22.6 Å². The van der Waals surface area contributed by atoms with E-state index in [4.69, 9.17) is 14.3 Å². The summed E-state index contributed by atoms with van der Waals surface area (Å²) in [6, 6.07) is 4.58. The first-order valence-corrected chi connectivity index (χ1v) is 16.7. The standard InChI is InChI=1S/C30H25N7O12S2/c1-36-30(33-34-35-36)51-11-13-10-50-28-22(27(45)37(28)23(13)29(46)47)32-26(44)21(12-2-4-14(5-3-12)48-9-20(40)41)31-25(43)16-8-49-19-7-18(39)17(38)6-15(19)24(16)42/h2-8,21-22,28,38-39H,9-11H2,1H3,(H,31,43)(H,32,44)(H,40,41)(H,46,47)/t21?,22-,28+/m1/s1. The van der Waals surface area contributed by atoms with Gasteiger partial charge in [0, 0.05) is 24.6 Å². The molecule has 4 aromatic rings. The zero-order valence-electron chi connectivity index (χ0n) is 26.0. The van der Waals surface area contributed by atoms with Gasteiger partial charge in [0.2, 0.25) is 16.5 Å². The number of benzene rings is 2. The summed E-state index contributed by atoms with van der Waals surface area (Å²) in [5.41, 5.74) is -1.21. The topological polar surface area (TPSA) is 277 Å². The van der Waals surface area contributed by atoms with Crippen molar-refractivity contribution in [3.8, 4) is 17.2 Å². The van der Waals surface area contributed by atoms with E-state index in [9.17, 15) is 44.1 Å². The highest BCUT2D eigenvalue weighted by molar-refractivity contribution is 8.01. The molecule has 264 valence electrons. The van der Waals surface area contributed by atoms with Crippen LogP contribution in [0.4, 0.5) is 0 Å². The molecule has 19 nitrogen and oxygen atoms in total. The molecule has 51 heavy (non-hydrogen) atoms. The number of phenolic OH excluding ortho intramolecular Hbond substituents is 2. The lowest BCUT2D eigenvalue weighted by Crippen LogP contribution is -2.71. The van der Waals surface area contributed by atoms with Crippen LogP contribution in [-0.2, 0) is 26.2 Å². The number of carbonyl (C=O) groups excluding carboxylic acids is 3. The lowest BCUT2D eigenvalue weighted by Gasteiger charge is -2.49. The number of thioether (sulfide) groups is 2. The molecule has 6 rings (SSSR count). The summed E-state index contributed by atoms with van der Waals surface area (Å²) in [5, 5.41) is 54.1. The lowest BCUT2D eigenvalue weighted by atomic mass is 10.0. The number of nitrogens with one attached hydrogen (secondary N) is 2. The van der Waals surface area contributed by atoms with Crippen molar-refractivity contribution >= 4 is 64.2 Å². The predicted octanol–water partition coefficient (Wildman–Crippen LogP) is 0.193. The SMILES string of the molecule is Cn1nnnc1SCC1=C(C(=O)O)N2C(=O)[C@@H](NC(=O)C(NC(=O)c3coc4cc(O)c(O)cc4c3=O)c3ccc(OCC(=O)O)cc3)[C@@H]2SC1. The lowest BCUT2D eigenvalue weighted by molar-refractivity contribution is -0.151. The molecule has 0 bridgehead atoms. The molecule has 0 aliphatic carbocycles. The van der Waals surface area contributed by atoms with Gasteiger partial charge in [-0.2, -0.15) is 0 Å². The van der Waals surface area contributed by atoms with Crippen molar-refractivity contribution in [1.29, 1.82) is 0 Å². The van der Waals surface area contributed by atoms with Gasteiger partial charge >= 0.3 is 11.9 Å². The zero-order chi connectivity index (χ0) is 36.6. The molecule has 6 N–H and O–H groups in total. The summed E-state index contributed by atoms with van der Waals surface area (Å²) in [4.78, 5) is 78.1. The van der Waals surface area contributed by atoms with E-state index >= 15 is 0 Å². The molecule has 0 spiro atoms. The zero-order valence-corrected chi connectivity index (χ0v) is 27.6. The van der Waals surface area contributed by atoms with Gasteiger partial charge in [-0.25, -0.2) is 14.3 Å². The Morgan fingerprint density at radius 3 is 2.51 bits per heavy atom. The van der Waals surface area contributed by atoms with Crippen molar-refractivity contribution in [1.82, 2.24) is 35.7 Å². The number of fused-ring (bicyclic) bond motifs is 2. The Hall–Kier alpha value is -6.09. The largest absolute Gasteiger partial charge is 0.504 e. The molecule has 0 saturated carbocycles. The quantitative estimate of drug-likeness (QED) is 0.0643. The van der Waals surface area contributed by atoms with Crippen LogP contribution in [0.25, 0.3) is 11.0 Å². The number of aliphatic carboxylic acids is 2. The summed E-state index contributed by atoms with van der Waals surface area (Å²) >= 11 is 2.41. The maximum absolute atomic E-state index is 13.8. The van der Waals surface area contributed by atoms with Crippen LogP contribution >= 0.6 is 23.5 Å². The summed E-state index contributed by atoms with van der Waals surface area (Å²) < 4.78 is 11.9. The maximum atomic E-state index is 13.8. The molecule has 1 saturated heterocycles. The van der Waals surface area contributed by atoms with Gasteiger partial charge in [-0.3, -0.25) is 24.1 Å². The van der Waals surface area contributed by atoms with Crippen molar-refractivity contribution in [3.05, 3.63) is 75.3 Å². The molecule has 3 amide bonds. The number of phenols is 2. The number of nitrogens with zero attached hydrogens (tertiary/aromatic N) is 5. The number of β-lactam (4-membered cyclic amide) rings is 1. The van der Waals surface area contributed by atoms with Gasteiger partial charge in [0.1, 0.15) is 46.3 Å². The third-order valence-corrected chi connectivity index (χ3v) is 10.2. The van der Waals surface area contributed by atoms with Crippen molar-refractivity contribution in [2.24, 2.45) is 7.05 Å². The molecule has 1 unspecified atom stereocenters. The van der Waals surface area contributed by atoms with Gasteiger partial charge in [0.25, 0.3) is 11.8 Å². The number of tetrazole rings is 1. The number of aromatic nitrogens is 4. The predicted molar refractivity (Wildman–Crippen MR) is 175 cm³/mol. The van der Waals surface area contributed by atoms with E-state index < -0.39 is 76.2 Å². The Labute approximate surface area is 293 Å². The van der Waals surface area contributed by atoms with Crippen molar-refractivity contribution in [2.75, 3.05) is 18.1 Å². The Morgan fingerprint density at radius 2 is 1.84 bits per heavy atom. The van der Waals surface area contributed by atoms with Crippen molar-refractivity contribution < 1.29 is 53.6 Å². The number of aryl methyl sites for hydroxylation is 1. The van der Waals surface area contributed by atoms with E-state index in [0.717, 1.165) is 23.3 Å². The fourth-order valence-electron chi connectivity index (χ4n) is 5.25. The second-order valence-electron chi connectivity index (χ2n) is 11.0. The van der Waals surface area contributed by atoms with E-state index in [2.05, 4.69) is 26.2 Å². The van der Waals surface area contributed by atoms with Crippen LogP contribution in [0.1, 0.15) is 22.0 Å². The third kappa shape index (κ3) is 6.88. The Bertz CT molecular complexity index is 2190. The molecule has 21 heteroatoms. The average molecular weight is 740 g/mol. The second-order valence-corrected chi connectivity index (χ2v) is 13.0. The van der Waals surface area contributed by atoms with Gasteiger partial charge in [0.15, 0.2) is 18.1 Å². The first-order valence-electron chi connectivity index (χ1n) is 14.6. The first-order chi connectivity index (χ1) is 24.3. The molecule has 2 aliphatic rings. The van der Waals surface area contributed by atoms with E-state index in [1.807, 2.05) is 0 Å². The fourth-order valence-corrected chi connectivity index (χ4v) is 7.58. The number of hydrogen-bond donors (Lipinski definition) is 6. The number of carboxylic acid groups (broad SMARTS) is 2. The van der Waals surface area contributed by atoms with Crippen LogP contribution in [0.15, 0.2) is 68.3 Å². The fraction of sp³-hybridized carbons (Fsp3) is 0.233. The number of amides is 3. The van der Waals surface area contributed by atoms with E-state index in [1.54, 1.807) is 7.05 Å². The molecular weight excluding hydrogens is 715 g/mol. The molecule has 3 atom stereocenters. The summed E-state index contributed by atoms with van der Waals surface area (Å²) in [6.07, 6.45) is 0.816. The monoisotopic (exact) mass is 739 g/mol. The van der Waals surface area contributed by atoms with Gasteiger partial charge in [-0.05, 0) is 39.8 Å². The number of carboxylic acids is 2. The van der Waals surface area contributed by atoms with Crippen LogP contribution in [0.5, 0.6) is 17.2 Å². The van der Waals surface area contributed by atoms with E-state index in [-0.39, 0.29) is 39.5 Å². The van der Waals surface area contributed by atoms with Crippen LogP contribution in [0.2, 0.25) is 0 Å². The normalized spacial score (nSPS) is 17.4. The number of carbonyl (C=O) groups is 5. The highest BCUT2D eigenvalue weighted by Gasteiger charge is 2.54. The van der Waals surface area contributed by atoms with Gasteiger partial charge in [0.05, 0.1) is 5.39 Å². The third-order valence-electron chi connectivity index (χ3n) is 7.73. The molecule has 2 aliphatic heterocycles. The summed E-state index contributed by atoms with van der Waals surface area (Å²) in [5.74, 6) is -5.91. The van der Waals surface area contributed by atoms with Crippen molar-refractivity contribution in [3.63, 3.8) is 0 Å². The number of ether oxygens (including phenoxy) is 1. The molecular formula is C30H25N7O12S2. The maximum Gasteiger partial charge on any atom is 0.352 e. The number of rotatable bonds is 12. The van der Waals surface area contributed by atoms with Crippen LogP contribution in [0, 0.1) is 0 Å². The molecule has 1 fully saturated rings. The Balaban J connectivity index is 1.24. The Kier molecular flexibility index (Phi) is 9.56. The molecule has 4 heterocycles. The van der Waals surface area contributed by atoms with Gasteiger partial charge in [-0.1, -0.05) is 23.9 Å². The average Bonchev–Trinajstić information content (AvgIpc) is 3.52. The molecule has 2 aromatic carbocycles. The van der Waals surface area contributed by atoms with Crippen LogP contribution < -0.4 is 20.8 Å². The minimum atomic E-state index is -1.55. The summed E-state index contributed by atoms with van der Waals surface area (Å²) in [6.45, 7) is -0.644. The Morgan fingerprint density at radius 1 is 1.12 bits per heavy atom. The van der Waals surface area contributed by atoms with Gasteiger partial charge in [-0.15, -0.1) is 16.9 Å². The minimum absolute atomic E-state index is 0.127. The number of hydrogen-bond acceptors (Lipinski definition) is 15. The highest BCUT2D eigenvalue weighted by Crippen LogP contribution is 2.41. The second kappa shape index (κ2) is 14.0. The van der Waals surface area contributed by atoms with Crippen LogP contribution in [0.3, 0.4) is 0 Å².